The summed E-state index contributed by atoms with van der Waals surface area (Å²) in [5.74, 6) is -0.235. The van der Waals surface area contributed by atoms with Gasteiger partial charge in [-0.2, -0.15) is 0 Å². The maximum absolute atomic E-state index is 12.4. The van der Waals surface area contributed by atoms with Crippen LogP contribution in [0.5, 0.6) is 0 Å². The van der Waals surface area contributed by atoms with Gasteiger partial charge in [-0.3, -0.25) is 4.79 Å². The van der Waals surface area contributed by atoms with Gasteiger partial charge >= 0.3 is 6.03 Å². The number of anilines is 2. The Kier molecular flexibility index (Phi) is 4.20. The number of amides is 3. The van der Waals surface area contributed by atoms with Crippen LogP contribution in [0.3, 0.4) is 0 Å². The van der Waals surface area contributed by atoms with Crippen molar-refractivity contribution in [1.82, 2.24) is 10.3 Å². The fourth-order valence-electron chi connectivity index (χ4n) is 2.43. The summed E-state index contributed by atoms with van der Waals surface area (Å²) in [6.07, 6.45) is 0. The Labute approximate surface area is 139 Å². The van der Waals surface area contributed by atoms with Gasteiger partial charge in [0.1, 0.15) is 5.69 Å². The molecule has 0 spiro atoms. The number of fused-ring (bicyclic) bond motifs is 1. The molecule has 122 valence electrons. The molecule has 1 aromatic heterocycles. The van der Waals surface area contributed by atoms with Crippen molar-refractivity contribution in [3.63, 3.8) is 0 Å². The number of benzene rings is 2. The number of H-pyrrole nitrogens is 1. The Bertz CT molecular complexity index is 914. The molecule has 0 aliphatic carbocycles. The SMILES string of the molecule is CNC(=O)Nc1cccc(NC(=O)c2cc3ccc(C)cc3[nH]2)c1. The zero-order valence-corrected chi connectivity index (χ0v) is 13.4. The highest BCUT2D eigenvalue weighted by molar-refractivity contribution is 6.06. The molecule has 0 radical (unpaired) electrons. The van der Waals surface area contributed by atoms with Crippen molar-refractivity contribution >= 4 is 34.2 Å². The molecule has 2 aromatic carbocycles. The highest BCUT2D eigenvalue weighted by Crippen LogP contribution is 2.19. The van der Waals surface area contributed by atoms with Crippen molar-refractivity contribution < 1.29 is 9.59 Å². The van der Waals surface area contributed by atoms with Crippen molar-refractivity contribution in [2.45, 2.75) is 6.92 Å². The van der Waals surface area contributed by atoms with Crippen LogP contribution >= 0.6 is 0 Å². The second kappa shape index (κ2) is 6.45. The van der Waals surface area contributed by atoms with Gasteiger partial charge in [-0.1, -0.05) is 18.2 Å². The zero-order valence-electron chi connectivity index (χ0n) is 13.4. The van der Waals surface area contributed by atoms with Gasteiger partial charge in [-0.05, 0) is 42.8 Å². The van der Waals surface area contributed by atoms with E-state index >= 15 is 0 Å². The number of carbonyl (C=O) groups excluding carboxylic acids is 2. The summed E-state index contributed by atoms with van der Waals surface area (Å²) in [7, 11) is 1.54. The number of nitrogens with one attached hydrogen (secondary N) is 4. The number of hydrogen-bond donors (Lipinski definition) is 4. The number of hydrogen-bond acceptors (Lipinski definition) is 2. The van der Waals surface area contributed by atoms with Crippen LogP contribution in [-0.4, -0.2) is 24.0 Å². The molecule has 0 fully saturated rings. The van der Waals surface area contributed by atoms with Crippen LogP contribution in [-0.2, 0) is 0 Å². The third-order valence-corrected chi connectivity index (χ3v) is 3.63. The molecule has 0 aliphatic heterocycles. The first kappa shape index (κ1) is 15.6. The number of aromatic nitrogens is 1. The minimum absolute atomic E-state index is 0.235. The van der Waals surface area contributed by atoms with E-state index in [-0.39, 0.29) is 11.9 Å². The summed E-state index contributed by atoms with van der Waals surface area (Å²) in [5.41, 5.74) is 3.74. The van der Waals surface area contributed by atoms with Crippen molar-refractivity contribution in [2.24, 2.45) is 0 Å². The zero-order chi connectivity index (χ0) is 17.1. The first-order valence-electron chi connectivity index (χ1n) is 7.54. The minimum atomic E-state index is -0.315. The molecule has 0 aliphatic rings. The average Bonchev–Trinajstić information content (AvgIpc) is 2.98. The van der Waals surface area contributed by atoms with Crippen LogP contribution in [0.1, 0.15) is 16.1 Å². The average molecular weight is 322 g/mol. The molecule has 0 saturated heterocycles. The second-order valence-corrected chi connectivity index (χ2v) is 5.51. The van der Waals surface area contributed by atoms with Crippen molar-refractivity contribution in [3.05, 3.63) is 59.8 Å². The Morgan fingerprint density at radius 1 is 0.958 bits per heavy atom. The van der Waals surface area contributed by atoms with E-state index < -0.39 is 0 Å². The number of rotatable bonds is 3. The topological polar surface area (TPSA) is 86.0 Å². The third-order valence-electron chi connectivity index (χ3n) is 3.63. The lowest BCUT2D eigenvalue weighted by molar-refractivity contribution is 0.102. The lowest BCUT2D eigenvalue weighted by Gasteiger charge is -2.08. The van der Waals surface area contributed by atoms with Crippen LogP contribution < -0.4 is 16.0 Å². The van der Waals surface area contributed by atoms with E-state index in [1.165, 1.54) is 0 Å². The molecule has 3 aromatic rings. The van der Waals surface area contributed by atoms with Gasteiger partial charge < -0.3 is 20.9 Å². The van der Waals surface area contributed by atoms with Gasteiger partial charge in [0.2, 0.25) is 0 Å². The normalized spacial score (nSPS) is 10.4. The maximum Gasteiger partial charge on any atom is 0.318 e. The van der Waals surface area contributed by atoms with Gasteiger partial charge in [0.05, 0.1) is 0 Å². The van der Waals surface area contributed by atoms with E-state index in [9.17, 15) is 9.59 Å². The Hall–Kier alpha value is -3.28. The second-order valence-electron chi connectivity index (χ2n) is 5.51. The molecule has 3 rings (SSSR count). The van der Waals surface area contributed by atoms with Crippen LogP contribution in [0.15, 0.2) is 48.5 Å². The molecule has 4 N–H and O–H groups in total. The maximum atomic E-state index is 12.4. The van der Waals surface area contributed by atoms with E-state index in [4.69, 9.17) is 0 Å². The molecule has 6 heteroatoms. The summed E-state index contributed by atoms with van der Waals surface area (Å²) in [4.78, 5) is 26.9. The standard InChI is InChI=1S/C18H18N4O2/c1-11-6-7-12-9-16(22-15(12)8-11)17(23)20-13-4-3-5-14(10-13)21-18(24)19-2/h3-10,22H,1-2H3,(H,20,23)(H2,19,21,24). The van der Waals surface area contributed by atoms with Crippen molar-refractivity contribution in [3.8, 4) is 0 Å². The number of aryl methyl sites for hydroxylation is 1. The lowest BCUT2D eigenvalue weighted by atomic mass is 10.2. The van der Waals surface area contributed by atoms with Crippen LogP contribution in [0.2, 0.25) is 0 Å². The first-order valence-corrected chi connectivity index (χ1v) is 7.54. The number of urea groups is 1. The van der Waals surface area contributed by atoms with Gasteiger partial charge in [0.25, 0.3) is 5.91 Å². The highest BCUT2D eigenvalue weighted by Gasteiger charge is 2.10. The Morgan fingerprint density at radius 3 is 2.46 bits per heavy atom. The smallest absolute Gasteiger partial charge is 0.318 e. The Balaban J connectivity index is 1.78. The summed E-state index contributed by atoms with van der Waals surface area (Å²) in [5, 5.41) is 8.95. The van der Waals surface area contributed by atoms with Gasteiger partial charge in [-0.25, -0.2) is 4.79 Å². The monoisotopic (exact) mass is 322 g/mol. The molecular formula is C18H18N4O2. The predicted molar refractivity (Wildman–Crippen MR) is 95.5 cm³/mol. The van der Waals surface area contributed by atoms with Gasteiger partial charge in [0.15, 0.2) is 0 Å². The first-order chi connectivity index (χ1) is 11.5. The van der Waals surface area contributed by atoms with E-state index in [1.807, 2.05) is 31.2 Å². The highest BCUT2D eigenvalue weighted by atomic mass is 16.2. The van der Waals surface area contributed by atoms with Crippen molar-refractivity contribution in [2.75, 3.05) is 17.7 Å². The van der Waals surface area contributed by atoms with E-state index in [1.54, 1.807) is 31.3 Å². The molecule has 6 nitrogen and oxygen atoms in total. The fraction of sp³-hybridized carbons (Fsp3) is 0.111. The quantitative estimate of drug-likeness (QED) is 0.595. The van der Waals surface area contributed by atoms with Crippen LogP contribution in [0.25, 0.3) is 10.9 Å². The third kappa shape index (κ3) is 3.38. The minimum Gasteiger partial charge on any atom is -0.351 e. The van der Waals surface area contributed by atoms with Gasteiger partial charge in [-0.15, -0.1) is 0 Å². The van der Waals surface area contributed by atoms with Crippen LogP contribution in [0.4, 0.5) is 16.2 Å². The Morgan fingerprint density at radius 2 is 1.71 bits per heavy atom. The van der Waals surface area contributed by atoms with E-state index in [0.29, 0.717) is 17.1 Å². The largest absolute Gasteiger partial charge is 0.351 e. The molecule has 0 saturated carbocycles. The molecule has 0 bridgehead atoms. The molecule has 3 amide bonds. The molecular weight excluding hydrogens is 304 g/mol. The van der Waals surface area contributed by atoms with E-state index in [0.717, 1.165) is 16.5 Å². The molecule has 0 unspecified atom stereocenters. The summed E-state index contributed by atoms with van der Waals surface area (Å²) >= 11 is 0. The molecule has 0 atom stereocenters. The molecule has 24 heavy (non-hydrogen) atoms. The fourth-order valence-corrected chi connectivity index (χ4v) is 2.43. The van der Waals surface area contributed by atoms with Gasteiger partial charge in [0, 0.05) is 29.3 Å². The van der Waals surface area contributed by atoms with Crippen LogP contribution in [0, 0.1) is 6.92 Å². The van der Waals surface area contributed by atoms with E-state index in [2.05, 4.69) is 20.9 Å². The lowest BCUT2D eigenvalue weighted by Crippen LogP contribution is -2.24. The summed E-state index contributed by atoms with van der Waals surface area (Å²) in [6, 6.07) is 14.4. The molecule has 1 heterocycles. The predicted octanol–water partition coefficient (Wildman–Crippen LogP) is 3.48. The number of aromatic amines is 1. The number of carbonyl (C=O) groups is 2. The summed E-state index contributed by atoms with van der Waals surface area (Å²) < 4.78 is 0. The summed E-state index contributed by atoms with van der Waals surface area (Å²) in [6.45, 7) is 2.00. The van der Waals surface area contributed by atoms with Crippen molar-refractivity contribution in [1.29, 1.82) is 0 Å².